The van der Waals surface area contributed by atoms with Crippen LogP contribution in [0, 0.1) is 3.57 Å². The van der Waals surface area contributed by atoms with Gasteiger partial charge in [-0.25, -0.2) is 4.98 Å². The molecule has 2 aliphatic rings. The lowest BCUT2D eigenvalue weighted by Gasteiger charge is -2.26. The number of pyridine rings is 1. The molecular formula is C18H17IN2O2. The molecule has 1 aliphatic carbocycles. The smallest absolute Gasteiger partial charge is 0.260 e. The van der Waals surface area contributed by atoms with Crippen molar-refractivity contribution in [3.8, 4) is 5.88 Å². The minimum Gasteiger partial charge on any atom is -0.474 e. The van der Waals surface area contributed by atoms with Crippen molar-refractivity contribution in [1.29, 1.82) is 0 Å². The van der Waals surface area contributed by atoms with E-state index in [9.17, 15) is 4.79 Å². The van der Waals surface area contributed by atoms with E-state index in [4.69, 9.17) is 4.74 Å². The van der Waals surface area contributed by atoms with Gasteiger partial charge in [0.2, 0.25) is 5.88 Å². The minimum absolute atomic E-state index is 0.0287. The molecule has 0 atom stereocenters. The summed E-state index contributed by atoms with van der Waals surface area (Å²) in [6.45, 7) is 1.25. The van der Waals surface area contributed by atoms with Crippen molar-refractivity contribution in [3.05, 3.63) is 56.8 Å². The van der Waals surface area contributed by atoms with E-state index in [-0.39, 0.29) is 12.0 Å². The van der Waals surface area contributed by atoms with Gasteiger partial charge in [0.25, 0.3) is 5.91 Å². The summed E-state index contributed by atoms with van der Waals surface area (Å²) in [5, 5.41) is 0. The minimum atomic E-state index is 0.0287. The van der Waals surface area contributed by atoms with Crippen molar-refractivity contribution in [2.45, 2.75) is 38.5 Å². The average molecular weight is 420 g/mol. The third-order valence-corrected chi connectivity index (χ3v) is 5.20. The SMILES string of the molecule is O=C1c2c(ccnc2OC2CCC2)CN1Cc1ccc(I)cc1. The van der Waals surface area contributed by atoms with Gasteiger partial charge in [0.15, 0.2) is 0 Å². The quantitative estimate of drug-likeness (QED) is 0.708. The van der Waals surface area contributed by atoms with E-state index in [0.717, 1.165) is 24.0 Å². The molecule has 0 unspecified atom stereocenters. The molecule has 0 bridgehead atoms. The van der Waals surface area contributed by atoms with Crippen LogP contribution in [0.2, 0.25) is 0 Å². The summed E-state index contributed by atoms with van der Waals surface area (Å²) < 4.78 is 7.12. The molecule has 0 radical (unpaired) electrons. The van der Waals surface area contributed by atoms with E-state index >= 15 is 0 Å². The number of aromatic nitrogens is 1. The fourth-order valence-electron chi connectivity index (χ4n) is 2.95. The third-order valence-electron chi connectivity index (χ3n) is 4.48. The second-order valence-electron chi connectivity index (χ2n) is 6.11. The highest BCUT2D eigenvalue weighted by molar-refractivity contribution is 14.1. The number of amides is 1. The maximum Gasteiger partial charge on any atom is 0.260 e. The first-order valence-corrected chi connectivity index (χ1v) is 8.97. The Morgan fingerprint density at radius 3 is 2.70 bits per heavy atom. The molecule has 2 heterocycles. The van der Waals surface area contributed by atoms with Gasteiger partial charge in [-0.2, -0.15) is 0 Å². The van der Waals surface area contributed by atoms with E-state index in [1.165, 1.54) is 9.99 Å². The maximum absolute atomic E-state index is 12.8. The van der Waals surface area contributed by atoms with Crippen LogP contribution in [0.5, 0.6) is 5.88 Å². The van der Waals surface area contributed by atoms with Crippen LogP contribution in [0.3, 0.4) is 0 Å². The molecule has 0 saturated heterocycles. The van der Waals surface area contributed by atoms with Crippen molar-refractivity contribution < 1.29 is 9.53 Å². The van der Waals surface area contributed by atoms with Crippen LogP contribution >= 0.6 is 22.6 Å². The molecule has 23 heavy (non-hydrogen) atoms. The highest BCUT2D eigenvalue weighted by atomic mass is 127. The maximum atomic E-state index is 12.8. The van der Waals surface area contributed by atoms with Crippen LogP contribution in [0.1, 0.15) is 40.7 Å². The highest BCUT2D eigenvalue weighted by Gasteiger charge is 2.33. The fourth-order valence-corrected chi connectivity index (χ4v) is 3.31. The van der Waals surface area contributed by atoms with Crippen LogP contribution in [0.25, 0.3) is 0 Å². The summed E-state index contributed by atoms with van der Waals surface area (Å²) in [6, 6.07) is 10.2. The number of nitrogens with zero attached hydrogens (tertiary/aromatic N) is 2. The van der Waals surface area contributed by atoms with Crippen LogP contribution in [0.4, 0.5) is 0 Å². The van der Waals surface area contributed by atoms with Crippen LogP contribution in [-0.4, -0.2) is 21.9 Å². The molecule has 1 fully saturated rings. The molecule has 2 aromatic rings. The Morgan fingerprint density at radius 2 is 2.00 bits per heavy atom. The van der Waals surface area contributed by atoms with E-state index in [1.807, 2.05) is 11.0 Å². The number of ether oxygens (including phenoxy) is 1. The molecule has 0 spiro atoms. The Morgan fingerprint density at radius 1 is 1.22 bits per heavy atom. The van der Waals surface area contributed by atoms with E-state index in [2.05, 4.69) is 51.8 Å². The Bertz CT molecular complexity index is 741. The first-order chi connectivity index (χ1) is 11.2. The second kappa shape index (κ2) is 6.11. The first kappa shape index (κ1) is 14.9. The lowest BCUT2D eigenvalue weighted by atomic mass is 9.96. The molecule has 4 nitrogen and oxygen atoms in total. The summed E-state index contributed by atoms with van der Waals surface area (Å²) in [6.07, 6.45) is 5.30. The third kappa shape index (κ3) is 2.94. The summed E-state index contributed by atoms with van der Waals surface area (Å²) in [7, 11) is 0. The van der Waals surface area contributed by atoms with Crippen LogP contribution in [-0.2, 0) is 13.1 Å². The predicted octanol–water partition coefficient (Wildman–Crippen LogP) is 3.77. The molecule has 1 aromatic heterocycles. The number of fused-ring (bicyclic) bond motifs is 1. The molecule has 118 valence electrons. The van der Waals surface area contributed by atoms with Gasteiger partial charge >= 0.3 is 0 Å². The Hall–Kier alpha value is -1.63. The van der Waals surface area contributed by atoms with Gasteiger partial charge in [0, 0.05) is 22.9 Å². The van der Waals surface area contributed by atoms with Crippen molar-refractivity contribution in [2.24, 2.45) is 0 Å². The lowest BCUT2D eigenvalue weighted by Crippen LogP contribution is -2.27. The fraction of sp³-hybridized carbons (Fsp3) is 0.333. The first-order valence-electron chi connectivity index (χ1n) is 7.89. The monoisotopic (exact) mass is 420 g/mol. The normalized spacial score (nSPS) is 17.1. The Kier molecular flexibility index (Phi) is 3.97. The number of hydrogen-bond acceptors (Lipinski definition) is 3. The summed E-state index contributed by atoms with van der Waals surface area (Å²) >= 11 is 2.28. The lowest BCUT2D eigenvalue weighted by molar-refractivity contribution is 0.0750. The number of halogens is 1. The van der Waals surface area contributed by atoms with Crippen molar-refractivity contribution in [1.82, 2.24) is 9.88 Å². The molecule has 1 amide bonds. The zero-order valence-electron chi connectivity index (χ0n) is 12.7. The molecule has 1 aromatic carbocycles. The number of hydrogen-bond donors (Lipinski definition) is 0. The van der Waals surface area contributed by atoms with Crippen molar-refractivity contribution >= 4 is 28.5 Å². The molecule has 0 N–H and O–H groups in total. The molecular weight excluding hydrogens is 403 g/mol. The topological polar surface area (TPSA) is 42.4 Å². The summed E-state index contributed by atoms with van der Waals surface area (Å²) in [5.74, 6) is 0.545. The average Bonchev–Trinajstić information content (AvgIpc) is 2.82. The number of carbonyl (C=O) groups is 1. The van der Waals surface area contributed by atoms with Gasteiger partial charge in [-0.3, -0.25) is 4.79 Å². The van der Waals surface area contributed by atoms with Gasteiger partial charge in [-0.15, -0.1) is 0 Å². The van der Waals surface area contributed by atoms with Crippen molar-refractivity contribution in [3.63, 3.8) is 0 Å². The van der Waals surface area contributed by atoms with E-state index in [1.54, 1.807) is 6.20 Å². The molecule has 4 rings (SSSR count). The summed E-state index contributed by atoms with van der Waals surface area (Å²) in [5.41, 5.74) is 2.82. The van der Waals surface area contributed by atoms with Crippen molar-refractivity contribution in [2.75, 3.05) is 0 Å². The van der Waals surface area contributed by atoms with Crippen LogP contribution in [0.15, 0.2) is 36.5 Å². The molecule has 1 aliphatic heterocycles. The second-order valence-corrected chi connectivity index (χ2v) is 7.35. The zero-order chi connectivity index (χ0) is 15.8. The predicted molar refractivity (Wildman–Crippen MR) is 95.2 cm³/mol. The number of rotatable bonds is 4. The van der Waals surface area contributed by atoms with Crippen LogP contribution < -0.4 is 4.74 Å². The van der Waals surface area contributed by atoms with Gasteiger partial charge in [-0.1, -0.05) is 12.1 Å². The van der Waals surface area contributed by atoms with Gasteiger partial charge in [0.05, 0.1) is 0 Å². The largest absolute Gasteiger partial charge is 0.474 e. The summed E-state index contributed by atoms with van der Waals surface area (Å²) in [4.78, 5) is 18.9. The molecule has 5 heteroatoms. The standard InChI is InChI=1S/C18H17IN2O2/c19-14-6-4-12(5-7-14)10-21-11-13-8-9-20-17(16(13)18(21)22)23-15-2-1-3-15/h4-9,15H,1-3,10-11H2. The number of carbonyl (C=O) groups excluding carboxylic acids is 1. The van der Waals surface area contributed by atoms with Gasteiger partial charge in [-0.05, 0) is 71.2 Å². The Balaban J connectivity index is 1.55. The zero-order valence-corrected chi connectivity index (χ0v) is 14.8. The molecule has 1 saturated carbocycles. The van der Waals surface area contributed by atoms with Gasteiger partial charge < -0.3 is 9.64 Å². The number of benzene rings is 1. The van der Waals surface area contributed by atoms with E-state index < -0.39 is 0 Å². The van der Waals surface area contributed by atoms with E-state index in [0.29, 0.717) is 24.5 Å². The highest BCUT2D eigenvalue weighted by Crippen LogP contribution is 2.33. The van der Waals surface area contributed by atoms with Gasteiger partial charge in [0.1, 0.15) is 11.7 Å². The Labute approximate surface area is 149 Å².